The molecule has 2 heteroatoms. The fourth-order valence-corrected chi connectivity index (χ4v) is 0.959. The van der Waals surface area contributed by atoms with Crippen molar-refractivity contribution < 1.29 is 4.79 Å². The Morgan fingerprint density at radius 1 is 1.58 bits per heavy atom. The Balaban J connectivity index is 2.38. The van der Waals surface area contributed by atoms with Gasteiger partial charge in [-0.2, -0.15) is 0 Å². The number of hydrogen-bond donors (Lipinski definition) is 1. The molecule has 0 aliphatic carbocycles. The highest BCUT2D eigenvalue weighted by Crippen LogP contribution is 2.00. The van der Waals surface area contributed by atoms with Gasteiger partial charge in [-0.25, -0.2) is 0 Å². The van der Waals surface area contributed by atoms with E-state index < -0.39 is 0 Å². The maximum atomic E-state index is 10.9. The molecule has 0 aromatic heterocycles. The molecular weight excluding hydrogens is 150 g/mol. The zero-order valence-corrected chi connectivity index (χ0v) is 7.13. The molecule has 0 spiro atoms. The van der Waals surface area contributed by atoms with Crippen molar-refractivity contribution in [3.8, 4) is 0 Å². The first-order valence-corrected chi connectivity index (χ1v) is 3.99. The zero-order valence-electron chi connectivity index (χ0n) is 7.13. The maximum absolute atomic E-state index is 10.9. The first kappa shape index (κ1) is 8.78. The monoisotopic (exact) mass is 162 g/mol. The summed E-state index contributed by atoms with van der Waals surface area (Å²) in [5.74, 6) is 0.0762. The summed E-state index contributed by atoms with van der Waals surface area (Å²) in [6.45, 7) is 0. The Labute approximate surface area is 72.6 Å². The fourth-order valence-electron chi connectivity index (χ4n) is 0.959. The first-order valence-electron chi connectivity index (χ1n) is 3.99. The van der Waals surface area contributed by atoms with Crippen LogP contribution in [-0.4, -0.2) is 13.0 Å². The molecule has 0 unspecified atom stereocenters. The molecule has 0 aliphatic rings. The van der Waals surface area contributed by atoms with Crippen molar-refractivity contribution in [3.63, 3.8) is 0 Å². The Morgan fingerprint density at radius 3 is 3.00 bits per heavy atom. The molecule has 1 amide bonds. The van der Waals surface area contributed by atoms with Crippen molar-refractivity contribution in [1.29, 1.82) is 0 Å². The summed E-state index contributed by atoms with van der Waals surface area (Å²) in [4.78, 5) is 10.9. The molecule has 1 aromatic rings. The van der Waals surface area contributed by atoms with E-state index in [4.69, 9.17) is 0 Å². The van der Waals surface area contributed by atoms with Gasteiger partial charge >= 0.3 is 0 Å². The third-order valence-electron chi connectivity index (χ3n) is 1.67. The van der Waals surface area contributed by atoms with E-state index in [1.807, 2.05) is 24.3 Å². The molecule has 0 heterocycles. The Morgan fingerprint density at radius 2 is 2.42 bits per heavy atom. The van der Waals surface area contributed by atoms with E-state index >= 15 is 0 Å². The van der Waals surface area contributed by atoms with Crippen LogP contribution in [0.1, 0.15) is 12.0 Å². The number of hydrogen-bond acceptors (Lipinski definition) is 1. The van der Waals surface area contributed by atoms with Crippen molar-refractivity contribution in [1.82, 2.24) is 5.32 Å². The van der Waals surface area contributed by atoms with E-state index in [1.165, 1.54) is 0 Å². The third kappa shape index (κ3) is 2.74. The smallest absolute Gasteiger partial charge is 0.220 e. The molecule has 0 saturated heterocycles. The molecule has 1 rings (SSSR count). The first-order chi connectivity index (χ1) is 5.83. The van der Waals surface area contributed by atoms with Gasteiger partial charge in [-0.1, -0.05) is 24.3 Å². The minimum atomic E-state index is 0.0762. The van der Waals surface area contributed by atoms with Gasteiger partial charge in [0.1, 0.15) is 0 Å². The van der Waals surface area contributed by atoms with Crippen LogP contribution in [0, 0.1) is 6.07 Å². The lowest BCUT2D eigenvalue weighted by Gasteiger charge is -1.98. The molecule has 0 atom stereocenters. The van der Waals surface area contributed by atoms with Crippen molar-refractivity contribution in [2.45, 2.75) is 12.8 Å². The topological polar surface area (TPSA) is 29.1 Å². The van der Waals surface area contributed by atoms with Crippen molar-refractivity contribution in [2.75, 3.05) is 7.05 Å². The normalized spacial score (nSPS) is 9.42. The summed E-state index contributed by atoms with van der Waals surface area (Å²) in [6.07, 6.45) is 1.30. The van der Waals surface area contributed by atoms with E-state index in [0.717, 1.165) is 12.0 Å². The SMILES string of the molecule is CNC(=O)CCc1[c]cccc1. The number of nitrogens with one attached hydrogen (secondary N) is 1. The van der Waals surface area contributed by atoms with Crippen molar-refractivity contribution in [2.24, 2.45) is 0 Å². The molecule has 1 radical (unpaired) electrons. The predicted octanol–water partition coefficient (Wildman–Crippen LogP) is 1.17. The summed E-state index contributed by atoms with van der Waals surface area (Å²) >= 11 is 0. The molecule has 0 bridgehead atoms. The Kier molecular flexibility index (Phi) is 3.33. The second kappa shape index (κ2) is 4.54. The van der Waals surface area contributed by atoms with Crippen LogP contribution in [0.15, 0.2) is 24.3 Å². The van der Waals surface area contributed by atoms with Crippen LogP contribution in [0.5, 0.6) is 0 Å². The van der Waals surface area contributed by atoms with Crippen LogP contribution < -0.4 is 5.32 Å². The standard InChI is InChI=1S/C10H12NO/c1-11-10(12)8-7-9-5-3-2-4-6-9/h2-5H,7-8H2,1H3,(H,11,12). The third-order valence-corrected chi connectivity index (χ3v) is 1.67. The molecular formula is C10H12NO. The summed E-state index contributed by atoms with van der Waals surface area (Å²) in [7, 11) is 1.65. The number of rotatable bonds is 3. The van der Waals surface area contributed by atoms with Crippen LogP contribution in [0.4, 0.5) is 0 Å². The van der Waals surface area contributed by atoms with Crippen LogP contribution in [0.2, 0.25) is 0 Å². The van der Waals surface area contributed by atoms with Gasteiger partial charge in [0.2, 0.25) is 5.91 Å². The average Bonchev–Trinajstić information content (AvgIpc) is 2.16. The summed E-state index contributed by atoms with van der Waals surface area (Å²) in [5.41, 5.74) is 1.08. The van der Waals surface area contributed by atoms with E-state index in [9.17, 15) is 4.79 Å². The molecule has 12 heavy (non-hydrogen) atoms. The van der Waals surface area contributed by atoms with E-state index in [-0.39, 0.29) is 5.91 Å². The molecule has 2 nitrogen and oxygen atoms in total. The average molecular weight is 162 g/mol. The lowest BCUT2D eigenvalue weighted by molar-refractivity contribution is -0.120. The summed E-state index contributed by atoms with van der Waals surface area (Å²) in [5, 5.41) is 2.58. The fraction of sp³-hybridized carbons (Fsp3) is 0.300. The van der Waals surface area contributed by atoms with Gasteiger partial charge in [-0.05, 0) is 18.1 Å². The van der Waals surface area contributed by atoms with E-state index in [2.05, 4.69) is 11.4 Å². The van der Waals surface area contributed by atoms with Crippen molar-refractivity contribution in [3.05, 3.63) is 35.9 Å². The molecule has 1 N–H and O–H groups in total. The highest BCUT2D eigenvalue weighted by molar-refractivity contribution is 5.75. The zero-order chi connectivity index (χ0) is 8.81. The van der Waals surface area contributed by atoms with Gasteiger partial charge in [0.15, 0.2) is 0 Å². The van der Waals surface area contributed by atoms with Crippen molar-refractivity contribution >= 4 is 5.91 Å². The number of aryl methyl sites for hydroxylation is 1. The summed E-state index contributed by atoms with van der Waals surface area (Å²) < 4.78 is 0. The second-order valence-electron chi connectivity index (χ2n) is 2.56. The van der Waals surface area contributed by atoms with E-state index in [0.29, 0.717) is 6.42 Å². The molecule has 1 aromatic carbocycles. The Bertz CT molecular complexity index is 243. The van der Waals surface area contributed by atoms with Gasteiger partial charge in [-0.15, -0.1) is 0 Å². The highest BCUT2D eigenvalue weighted by Gasteiger charge is 1.97. The molecule has 0 fully saturated rings. The minimum absolute atomic E-state index is 0.0762. The Hall–Kier alpha value is -1.31. The van der Waals surface area contributed by atoms with Crippen LogP contribution in [-0.2, 0) is 11.2 Å². The number of amides is 1. The highest BCUT2D eigenvalue weighted by atomic mass is 16.1. The summed E-state index contributed by atoms with van der Waals surface area (Å²) in [6, 6.07) is 10.8. The maximum Gasteiger partial charge on any atom is 0.220 e. The van der Waals surface area contributed by atoms with E-state index in [1.54, 1.807) is 7.05 Å². The van der Waals surface area contributed by atoms with Crippen LogP contribution in [0.25, 0.3) is 0 Å². The van der Waals surface area contributed by atoms with Gasteiger partial charge in [0, 0.05) is 13.5 Å². The van der Waals surface area contributed by atoms with Crippen LogP contribution in [0.3, 0.4) is 0 Å². The van der Waals surface area contributed by atoms with Gasteiger partial charge in [0.25, 0.3) is 0 Å². The number of carbonyl (C=O) groups excluding carboxylic acids is 1. The molecule has 0 saturated carbocycles. The quantitative estimate of drug-likeness (QED) is 0.710. The minimum Gasteiger partial charge on any atom is -0.359 e. The van der Waals surface area contributed by atoms with Gasteiger partial charge in [-0.3, -0.25) is 4.79 Å². The van der Waals surface area contributed by atoms with Gasteiger partial charge < -0.3 is 5.32 Å². The number of benzene rings is 1. The molecule has 63 valence electrons. The van der Waals surface area contributed by atoms with Gasteiger partial charge in [0.05, 0.1) is 0 Å². The predicted molar refractivity (Wildman–Crippen MR) is 47.7 cm³/mol. The van der Waals surface area contributed by atoms with Crippen LogP contribution >= 0.6 is 0 Å². The lowest BCUT2D eigenvalue weighted by Crippen LogP contribution is -2.17. The second-order valence-corrected chi connectivity index (χ2v) is 2.56. The molecule has 0 aliphatic heterocycles. The largest absolute Gasteiger partial charge is 0.359 e. The number of carbonyl (C=O) groups is 1. The lowest BCUT2D eigenvalue weighted by atomic mass is 10.1.